The third-order valence-electron chi connectivity index (χ3n) is 2.65. The van der Waals surface area contributed by atoms with Gasteiger partial charge in [0.1, 0.15) is 0 Å². The Bertz CT molecular complexity index is 403. The van der Waals surface area contributed by atoms with E-state index in [-0.39, 0.29) is 0 Å². The van der Waals surface area contributed by atoms with Gasteiger partial charge in [-0.3, -0.25) is 0 Å². The summed E-state index contributed by atoms with van der Waals surface area (Å²) in [6, 6.07) is 13.4. The van der Waals surface area contributed by atoms with E-state index in [9.17, 15) is 0 Å². The number of rotatable bonds is 3. The molecule has 0 spiro atoms. The van der Waals surface area contributed by atoms with Gasteiger partial charge >= 0.3 is 0 Å². The number of nitrogens with one attached hydrogen (secondary N) is 1. The molecule has 0 fully saturated rings. The van der Waals surface area contributed by atoms with Crippen LogP contribution in [0.3, 0.4) is 0 Å². The molecule has 1 aromatic carbocycles. The fraction of sp³-hybridized carbons (Fsp3) is 0.231. The lowest BCUT2D eigenvalue weighted by Gasteiger charge is -2.10. The van der Waals surface area contributed by atoms with Gasteiger partial charge in [-0.25, -0.2) is 0 Å². The lowest BCUT2D eigenvalue weighted by atomic mass is 10.1. The fourth-order valence-corrected chi connectivity index (χ4v) is 2.28. The number of thiophene rings is 1. The molecule has 78 valence electrons. The highest BCUT2D eigenvalue weighted by Crippen LogP contribution is 2.25. The maximum Gasteiger partial charge on any atom is 0.0342 e. The Morgan fingerprint density at radius 1 is 1.13 bits per heavy atom. The van der Waals surface area contributed by atoms with Crippen LogP contribution in [0.1, 0.15) is 18.5 Å². The van der Waals surface area contributed by atoms with E-state index >= 15 is 0 Å². The van der Waals surface area contributed by atoms with Crippen molar-refractivity contribution in [1.82, 2.24) is 5.32 Å². The minimum absolute atomic E-state index is 0.419. The van der Waals surface area contributed by atoms with Crippen molar-refractivity contribution < 1.29 is 0 Å². The SMILES string of the molecule is CNC(C)c1ccc(-c2cccs2)cc1. The first-order valence-electron chi connectivity index (χ1n) is 5.12. The maximum absolute atomic E-state index is 3.24. The molecule has 2 aromatic rings. The van der Waals surface area contributed by atoms with Crippen LogP contribution in [0.25, 0.3) is 10.4 Å². The largest absolute Gasteiger partial charge is 0.313 e. The Morgan fingerprint density at radius 3 is 2.40 bits per heavy atom. The number of hydrogen-bond donors (Lipinski definition) is 1. The Hall–Kier alpha value is -1.12. The molecular formula is C13H15NS. The molecule has 0 saturated heterocycles. The van der Waals surface area contributed by atoms with E-state index < -0.39 is 0 Å². The molecule has 1 heterocycles. The molecule has 1 nitrogen and oxygen atoms in total. The molecule has 2 heteroatoms. The molecule has 0 aliphatic rings. The van der Waals surface area contributed by atoms with E-state index in [0.29, 0.717) is 6.04 Å². The molecule has 1 aromatic heterocycles. The van der Waals surface area contributed by atoms with Gasteiger partial charge in [0, 0.05) is 10.9 Å². The van der Waals surface area contributed by atoms with Gasteiger partial charge in [0.05, 0.1) is 0 Å². The van der Waals surface area contributed by atoms with Crippen molar-refractivity contribution in [3.63, 3.8) is 0 Å². The minimum atomic E-state index is 0.419. The maximum atomic E-state index is 3.24. The van der Waals surface area contributed by atoms with Crippen LogP contribution in [-0.2, 0) is 0 Å². The number of hydrogen-bond acceptors (Lipinski definition) is 2. The van der Waals surface area contributed by atoms with Crippen molar-refractivity contribution in [1.29, 1.82) is 0 Å². The minimum Gasteiger partial charge on any atom is -0.313 e. The van der Waals surface area contributed by atoms with E-state index in [2.05, 4.69) is 54.0 Å². The van der Waals surface area contributed by atoms with Gasteiger partial charge in [0.15, 0.2) is 0 Å². The van der Waals surface area contributed by atoms with Gasteiger partial charge < -0.3 is 5.32 Å². The lowest BCUT2D eigenvalue weighted by Crippen LogP contribution is -2.11. The van der Waals surface area contributed by atoms with Crippen LogP contribution >= 0.6 is 11.3 Å². The van der Waals surface area contributed by atoms with Crippen molar-refractivity contribution >= 4 is 11.3 Å². The van der Waals surface area contributed by atoms with Crippen LogP contribution in [0.4, 0.5) is 0 Å². The quantitative estimate of drug-likeness (QED) is 0.826. The highest BCUT2D eigenvalue weighted by molar-refractivity contribution is 7.13. The summed E-state index contributed by atoms with van der Waals surface area (Å²) in [5, 5.41) is 5.35. The topological polar surface area (TPSA) is 12.0 Å². The van der Waals surface area contributed by atoms with Crippen LogP contribution in [-0.4, -0.2) is 7.05 Å². The average Bonchev–Trinajstić information content (AvgIpc) is 2.82. The molecule has 15 heavy (non-hydrogen) atoms. The highest BCUT2D eigenvalue weighted by Gasteiger charge is 2.03. The van der Waals surface area contributed by atoms with Crippen LogP contribution in [0.2, 0.25) is 0 Å². The second kappa shape index (κ2) is 4.60. The number of benzene rings is 1. The van der Waals surface area contributed by atoms with E-state index in [1.54, 1.807) is 11.3 Å². The summed E-state index contributed by atoms with van der Waals surface area (Å²) < 4.78 is 0. The Morgan fingerprint density at radius 2 is 1.87 bits per heavy atom. The Labute approximate surface area is 94.8 Å². The zero-order valence-corrected chi connectivity index (χ0v) is 9.84. The Balaban J connectivity index is 2.25. The normalized spacial score (nSPS) is 12.7. The van der Waals surface area contributed by atoms with Gasteiger partial charge in [0.2, 0.25) is 0 Å². The summed E-state index contributed by atoms with van der Waals surface area (Å²) in [5.41, 5.74) is 2.63. The molecular weight excluding hydrogens is 202 g/mol. The third-order valence-corrected chi connectivity index (χ3v) is 3.57. The lowest BCUT2D eigenvalue weighted by molar-refractivity contribution is 0.652. The van der Waals surface area contributed by atoms with E-state index in [1.165, 1.54) is 16.0 Å². The summed E-state index contributed by atoms with van der Waals surface area (Å²) in [6.07, 6.45) is 0. The zero-order valence-electron chi connectivity index (χ0n) is 9.03. The summed E-state index contributed by atoms with van der Waals surface area (Å²) >= 11 is 1.78. The molecule has 0 bridgehead atoms. The molecule has 1 N–H and O–H groups in total. The smallest absolute Gasteiger partial charge is 0.0342 e. The van der Waals surface area contributed by atoms with Crippen LogP contribution in [0, 0.1) is 0 Å². The van der Waals surface area contributed by atoms with Crippen molar-refractivity contribution in [3.05, 3.63) is 47.3 Å². The van der Waals surface area contributed by atoms with Gasteiger partial charge in [-0.15, -0.1) is 11.3 Å². The molecule has 1 unspecified atom stereocenters. The van der Waals surface area contributed by atoms with Crippen molar-refractivity contribution in [2.45, 2.75) is 13.0 Å². The van der Waals surface area contributed by atoms with Crippen LogP contribution in [0.5, 0.6) is 0 Å². The molecule has 0 saturated carbocycles. The van der Waals surface area contributed by atoms with E-state index in [1.807, 2.05) is 7.05 Å². The van der Waals surface area contributed by atoms with Gasteiger partial charge in [-0.2, -0.15) is 0 Å². The van der Waals surface area contributed by atoms with Gasteiger partial charge in [-0.1, -0.05) is 30.3 Å². The molecule has 0 aliphatic heterocycles. The van der Waals surface area contributed by atoms with Crippen molar-refractivity contribution in [2.75, 3.05) is 7.05 Å². The first-order valence-corrected chi connectivity index (χ1v) is 6.00. The van der Waals surface area contributed by atoms with Crippen LogP contribution < -0.4 is 5.32 Å². The van der Waals surface area contributed by atoms with Crippen molar-refractivity contribution in [3.8, 4) is 10.4 Å². The van der Waals surface area contributed by atoms with Gasteiger partial charge in [0.25, 0.3) is 0 Å². The Kier molecular flexibility index (Phi) is 3.19. The molecule has 2 rings (SSSR count). The molecule has 0 aliphatic carbocycles. The average molecular weight is 217 g/mol. The summed E-state index contributed by atoms with van der Waals surface area (Å²) in [7, 11) is 1.98. The first-order chi connectivity index (χ1) is 7.31. The first kappa shape index (κ1) is 10.4. The predicted molar refractivity (Wildman–Crippen MR) is 67.2 cm³/mol. The summed E-state index contributed by atoms with van der Waals surface area (Å²) in [5.74, 6) is 0. The molecule has 0 radical (unpaired) electrons. The fourth-order valence-electron chi connectivity index (χ4n) is 1.55. The van der Waals surface area contributed by atoms with Crippen molar-refractivity contribution in [2.24, 2.45) is 0 Å². The zero-order chi connectivity index (χ0) is 10.7. The van der Waals surface area contributed by atoms with Gasteiger partial charge in [-0.05, 0) is 36.5 Å². The second-order valence-electron chi connectivity index (χ2n) is 3.61. The van der Waals surface area contributed by atoms with E-state index in [0.717, 1.165) is 0 Å². The monoisotopic (exact) mass is 217 g/mol. The van der Waals surface area contributed by atoms with Crippen LogP contribution in [0.15, 0.2) is 41.8 Å². The second-order valence-corrected chi connectivity index (χ2v) is 4.56. The summed E-state index contributed by atoms with van der Waals surface area (Å²) in [4.78, 5) is 1.33. The van der Waals surface area contributed by atoms with E-state index in [4.69, 9.17) is 0 Å². The standard InChI is InChI=1S/C13H15NS/c1-10(14-2)11-5-7-12(8-6-11)13-4-3-9-15-13/h3-10,14H,1-2H3. The third kappa shape index (κ3) is 2.28. The molecule has 0 amide bonds. The molecule has 1 atom stereocenters. The predicted octanol–water partition coefficient (Wildman–Crippen LogP) is 3.70. The summed E-state index contributed by atoms with van der Waals surface area (Å²) in [6.45, 7) is 2.17. The highest BCUT2D eigenvalue weighted by atomic mass is 32.1.